The topological polar surface area (TPSA) is 80.5 Å². The third-order valence-electron chi connectivity index (χ3n) is 3.41. The Morgan fingerprint density at radius 1 is 1.00 bits per heavy atom. The third kappa shape index (κ3) is 3.57. The molecule has 0 amide bonds. The van der Waals surface area contributed by atoms with Gasteiger partial charge in [-0.2, -0.15) is 0 Å². The average molecular weight is 370 g/mol. The second-order valence-corrected chi connectivity index (χ2v) is 6.45. The highest BCUT2D eigenvalue weighted by Crippen LogP contribution is 2.27. The quantitative estimate of drug-likeness (QED) is 0.523. The van der Waals surface area contributed by atoms with Crippen LogP contribution < -0.4 is 0 Å². The van der Waals surface area contributed by atoms with Gasteiger partial charge in [0.25, 0.3) is 0 Å². The fraction of sp³-hybridized carbons (Fsp3) is 0.0588. The summed E-state index contributed by atoms with van der Waals surface area (Å²) in [6.45, 7) is 0. The van der Waals surface area contributed by atoms with Crippen molar-refractivity contribution in [3.8, 4) is 22.8 Å². The summed E-state index contributed by atoms with van der Waals surface area (Å²) in [6, 6.07) is 17.1. The zero-order chi connectivity index (χ0) is 17.1. The molecule has 2 aromatic heterocycles. The van der Waals surface area contributed by atoms with Crippen LogP contribution in [0.5, 0.6) is 0 Å². The molecule has 0 fully saturated rings. The van der Waals surface area contributed by atoms with Crippen LogP contribution in [0.25, 0.3) is 22.8 Å². The number of hydrogen-bond donors (Lipinski definition) is 1. The van der Waals surface area contributed by atoms with Crippen molar-refractivity contribution >= 4 is 23.4 Å². The second-order valence-electron chi connectivity index (χ2n) is 5.10. The van der Waals surface area contributed by atoms with Gasteiger partial charge in [-0.25, -0.2) is 4.98 Å². The van der Waals surface area contributed by atoms with Crippen molar-refractivity contribution in [2.75, 3.05) is 0 Å². The highest BCUT2D eigenvalue weighted by Gasteiger charge is 2.12. The van der Waals surface area contributed by atoms with Crippen LogP contribution in [-0.4, -0.2) is 25.4 Å². The lowest BCUT2D eigenvalue weighted by Gasteiger charge is -1.97. The van der Waals surface area contributed by atoms with Crippen LogP contribution in [-0.2, 0) is 5.75 Å². The Bertz CT molecular complexity index is 985. The van der Waals surface area contributed by atoms with E-state index >= 15 is 0 Å². The first kappa shape index (κ1) is 15.9. The number of benzene rings is 2. The van der Waals surface area contributed by atoms with Crippen LogP contribution >= 0.6 is 23.4 Å². The first-order chi connectivity index (χ1) is 12.3. The van der Waals surface area contributed by atoms with Gasteiger partial charge < -0.3 is 4.42 Å². The number of nitrogens with one attached hydrogen (secondary N) is 1. The number of nitrogens with zero attached hydrogens (tertiary/aromatic N) is 4. The first-order valence-corrected chi connectivity index (χ1v) is 8.84. The van der Waals surface area contributed by atoms with E-state index in [1.807, 2.05) is 54.6 Å². The maximum atomic E-state index is 6.17. The molecule has 0 unspecified atom stereocenters. The lowest BCUT2D eigenvalue weighted by Crippen LogP contribution is -1.83. The lowest BCUT2D eigenvalue weighted by atomic mass is 10.2. The Hall–Kier alpha value is -2.64. The molecule has 2 heterocycles. The molecule has 0 aliphatic carbocycles. The summed E-state index contributed by atoms with van der Waals surface area (Å²) in [5, 5.41) is 16.4. The van der Waals surface area contributed by atoms with Gasteiger partial charge in [-0.3, -0.25) is 5.10 Å². The number of aromatic amines is 1. The number of thioether (sulfide) groups is 1. The molecule has 25 heavy (non-hydrogen) atoms. The summed E-state index contributed by atoms with van der Waals surface area (Å²) < 4.78 is 5.67. The Labute approximate surface area is 152 Å². The van der Waals surface area contributed by atoms with Crippen LogP contribution in [0.1, 0.15) is 5.89 Å². The van der Waals surface area contributed by atoms with Gasteiger partial charge >= 0.3 is 0 Å². The summed E-state index contributed by atoms with van der Waals surface area (Å²) in [7, 11) is 0. The molecule has 0 radical (unpaired) electrons. The van der Waals surface area contributed by atoms with Crippen LogP contribution in [0.4, 0.5) is 0 Å². The van der Waals surface area contributed by atoms with Gasteiger partial charge in [0.2, 0.25) is 16.9 Å². The minimum Gasteiger partial charge on any atom is -0.420 e. The zero-order valence-corrected chi connectivity index (χ0v) is 14.5. The molecule has 0 saturated heterocycles. The second kappa shape index (κ2) is 7.08. The average Bonchev–Trinajstić information content (AvgIpc) is 3.31. The van der Waals surface area contributed by atoms with Crippen molar-refractivity contribution in [2.24, 2.45) is 0 Å². The predicted octanol–water partition coefficient (Wildman–Crippen LogP) is 4.47. The lowest BCUT2D eigenvalue weighted by molar-refractivity contribution is 0.528. The molecule has 0 bridgehead atoms. The molecule has 2 aromatic carbocycles. The molecular formula is C17H12ClN5OS. The van der Waals surface area contributed by atoms with E-state index in [1.165, 1.54) is 11.8 Å². The number of halogens is 1. The van der Waals surface area contributed by atoms with Gasteiger partial charge in [-0.1, -0.05) is 53.7 Å². The van der Waals surface area contributed by atoms with Crippen molar-refractivity contribution in [1.82, 2.24) is 25.4 Å². The maximum Gasteiger partial charge on any atom is 0.247 e. The molecule has 1 N–H and O–H groups in total. The molecule has 4 rings (SSSR count). The van der Waals surface area contributed by atoms with Gasteiger partial charge in [0.1, 0.15) is 0 Å². The molecule has 0 spiro atoms. The molecule has 8 heteroatoms. The maximum absolute atomic E-state index is 6.17. The first-order valence-electron chi connectivity index (χ1n) is 7.47. The van der Waals surface area contributed by atoms with E-state index in [1.54, 1.807) is 0 Å². The molecular weight excluding hydrogens is 358 g/mol. The van der Waals surface area contributed by atoms with Crippen LogP contribution in [0.3, 0.4) is 0 Å². The summed E-state index contributed by atoms with van der Waals surface area (Å²) in [4.78, 5) is 4.44. The Morgan fingerprint density at radius 3 is 2.64 bits per heavy atom. The van der Waals surface area contributed by atoms with Gasteiger partial charge in [0.05, 0.1) is 10.8 Å². The minimum atomic E-state index is 0.486. The van der Waals surface area contributed by atoms with E-state index in [0.29, 0.717) is 33.5 Å². The molecule has 124 valence electrons. The largest absolute Gasteiger partial charge is 0.420 e. The number of rotatable bonds is 5. The molecule has 0 aliphatic heterocycles. The molecule has 4 aromatic rings. The van der Waals surface area contributed by atoms with Crippen LogP contribution in [0, 0.1) is 0 Å². The highest BCUT2D eigenvalue weighted by atomic mass is 35.5. The van der Waals surface area contributed by atoms with E-state index in [9.17, 15) is 0 Å². The van der Waals surface area contributed by atoms with Crippen molar-refractivity contribution in [3.05, 3.63) is 65.5 Å². The van der Waals surface area contributed by atoms with Crippen molar-refractivity contribution in [2.45, 2.75) is 10.9 Å². The third-order valence-corrected chi connectivity index (χ3v) is 4.57. The van der Waals surface area contributed by atoms with Crippen LogP contribution in [0.15, 0.2) is 64.2 Å². The summed E-state index contributed by atoms with van der Waals surface area (Å²) in [5.41, 5.74) is 1.71. The fourth-order valence-corrected chi connectivity index (χ4v) is 3.08. The standard InChI is InChI=1S/C17H12ClN5OS/c18-13-9-5-4-8-12(13)15-19-17(23-21-15)25-10-14-20-22-16(24-14)11-6-2-1-3-7-11/h1-9H,10H2,(H,19,21,23). The molecule has 0 saturated carbocycles. The minimum absolute atomic E-state index is 0.486. The van der Waals surface area contributed by atoms with Crippen molar-refractivity contribution < 1.29 is 4.42 Å². The van der Waals surface area contributed by atoms with E-state index in [4.69, 9.17) is 16.0 Å². The highest BCUT2D eigenvalue weighted by molar-refractivity contribution is 7.98. The SMILES string of the molecule is Clc1ccccc1-c1nc(SCc2nnc(-c3ccccc3)o2)n[nH]1. The molecule has 6 nitrogen and oxygen atoms in total. The van der Waals surface area contributed by atoms with Crippen molar-refractivity contribution in [3.63, 3.8) is 0 Å². The van der Waals surface area contributed by atoms with Gasteiger partial charge in [0.15, 0.2) is 5.82 Å². The monoisotopic (exact) mass is 369 g/mol. The Morgan fingerprint density at radius 2 is 1.80 bits per heavy atom. The van der Waals surface area contributed by atoms with E-state index in [-0.39, 0.29) is 0 Å². The number of H-pyrrole nitrogens is 1. The van der Waals surface area contributed by atoms with Crippen LogP contribution in [0.2, 0.25) is 5.02 Å². The zero-order valence-electron chi connectivity index (χ0n) is 12.9. The smallest absolute Gasteiger partial charge is 0.247 e. The summed E-state index contributed by atoms with van der Waals surface area (Å²) in [5.74, 6) is 2.14. The van der Waals surface area contributed by atoms with Gasteiger partial charge in [0, 0.05) is 11.1 Å². The molecule has 0 atom stereocenters. The Kier molecular flexibility index (Phi) is 4.49. The van der Waals surface area contributed by atoms with E-state index in [2.05, 4.69) is 25.4 Å². The predicted molar refractivity (Wildman–Crippen MR) is 96.1 cm³/mol. The van der Waals surface area contributed by atoms with Gasteiger partial charge in [-0.15, -0.1) is 15.3 Å². The summed E-state index contributed by atoms with van der Waals surface area (Å²) in [6.07, 6.45) is 0. The number of hydrogen-bond acceptors (Lipinski definition) is 6. The normalized spacial score (nSPS) is 10.9. The van der Waals surface area contributed by atoms with Gasteiger partial charge in [-0.05, 0) is 24.3 Å². The molecule has 0 aliphatic rings. The summed E-state index contributed by atoms with van der Waals surface area (Å²) >= 11 is 7.58. The van der Waals surface area contributed by atoms with Crippen molar-refractivity contribution in [1.29, 1.82) is 0 Å². The van der Waals surface area contributed by atoms with E-state index < -0.39 is 0 Å². The Balaban J connectivity index is 1.44. The number of aromatic nitrogens is 5. The van der Waals surface area contributed by atoms with E-state index in [0.717, 1.165) is 11.1 Å². The fourth-order valence-electron chi connectivity index (χ4n) is 2.22.